The Morgan fingerprint density at radius 3 is 2.85 bits per heavy atom. The molecule has 1 aromatic heterocycles. The van der Waals surface area contributed by atoms with Crippen LogP contribution in [0.1, 0.15) is 76.9 Å². The summed E-state index contributed by atoms with van der Waals surface area (Å²) in [5.41, 5.74) is 0. The van der Waals surface area contributed by atoms with E-state index >= 15 is 0 Å². The van der Waals surface area contributed by atoms with Gasteiger partial charge in [0.2, 0.25) is 11.8 Å². The molecule has 7 heteroatoms. The molecule has 1 aliphatic rings. The number of carbonyl (C=O) groups excluding carboxylic acids is 2. The van der Waals surface area contributed by atoms with Gasteiger partial charge >= 0.3 is 5.97 Å². The highest BCUT2D eigenvalue weighted by atomic mass is 16.5. The number of piperidine rings is 1. The first kappa shape index (κ1) is 20.4. The maximum atomic E-state index is 12.5. The summed E-state index contributed by atoms with van der Waals surface area (Å²) >= 11 is 0. The molecule has 0 saturated carbocycles. The summed E-state index contributed by atoms with van der Waals surface area (Å²) in [4.78, 5) is 30.2. The van der Waals surface area contributed by atoms with E-state index in [0.29, 0.717) is 49.9 Å². The molecule has 0 spiro atoms. The minimum Gasteiger partial charge on any atom is -0.466 e. The molecule has 1 aromatic rings. The molecule has 7 nitrogen and oxygen atoms in total. The van der Waals surface area contributed by atoms with Crippen LogP contribution in [0, 0.1) is 5.92 Å². The van der Waals surface area contributed by atoms with Crippen molar-refractivity contribution in [1.29, 1.82) is 0 Å². The molecular weight excluding hydrogens is 334 g/mol. The third-order valence-electron chi connectivity index (χ3n) is 4.72. The van der Waals surface area contributed by atoms with Crippen LogP contribution < -0.4 is 0 Å². The Hall–Kier alpha value is -1.92. The van der Waals surface area contributed by atoms with Gasteiger partial charge in [0, 0.05) is 38.3 Å². The average molecular weight is 365 g/mol. The smallest absolute Gasteiger partial charge is 0.305 e. The molecule has 1 fully saturated rings. The molecule has 26 heavy (non-hydrogen) atoms. The summed E-state index contributed by atoms with van der Waals surface area (Å²) in [5.74, 6) is 1.99. The number of carbonyl (C=O) groups is 2. The topological polar surface area (TPSA) is 85.5 Å². The van der Waals surface area contributed by atoms with Crippen LogP contribution >= 0.6 is 0 Å². The second kappa shape index (κ2) is 10.3. The highest BCUT2D eigenvalue weighted by Crippen LogP contribution is 2.22. The molecule has 0 aromatic carbocycles. The minimum atomic E-state index is -0.142. The van der Waals surface area contributed by atoms with Crippen molar-refractivity contribution in [2.24, 2.45) is 5.92 Å². The summed E-state index contributed by atoms with van der Waals surface area (Å²) in [6.45, 7) is 7.84. The van der Waals surface area contributed by atoms with Gasteiger partial charge in [0.05, 0.1) is 6.61 Å². The first-order chi connectivity index (χ1) is 12.5. The van der Waals surface area contributed by atoms with Gasteiger partial charge in [-0.15, -0.1) is 0 Å². The van der Waals surface area contributed by atoms with Crippen molar-refractivity contribution >= 4 is 11.9 Å². The van der Waals surface area contributed by atoms with E-state index < -0.39 is 0 Å². The van der Waals surface area contributed by atoms with Gasteiger partial charge in [0.1, 0.15) is 0 Å². The van der Waals surface area contributed by atoms with Crippen LogP contribution in [0.4, 0.5) is 0 Å². The van der Waals surface area contributed by atoms with Crippen LogP contribution in [-0.2, 0) is 20.7 Å². The molecular formula is C19H31N3O4. The molecule has 1 aliphatic heterocycles. The highest BCUT2D eigenvalue weighted by molar-refractivity contribution is 5.76. The van der Waals surface area contributed by atoms with Gasteiger partial charge in [-0.05, 0) is 38.5 Å². The molecule has 2 rings (SSSR count). The fourth-order valence-corrected chi connectivity index (χ4v) is 3.24. The number of hydrogen-bond donors (Lipinski definition) is 0. The lowest BCUT2D eigenvalue weighted by atomic mass is 9.93. The Bertz CT molecular complexity index is 585. The predicted octanol–water partition coefficient (Wildman–Crippen LogP) is 3.10. The molecule has 2 heterocycles. The zero-order chi connectivity index (χ0) is 18.9. The zero-order valence-electron chi connectivity index (χ0n) is 16.2. The summed E-state index contributed by atoms with van der Waals surface area (Å²) in [5, 5.41) is 3.94. The molecule has 0 N–H and O–H groups in total. The van der Waals surface area contributed by atoms with Crippen molar-refractivity contribution in [1.82, 2.24) is 15.0 Å². The van der Waals surface area contributed by atoms with E-state index in [1.165, 1.54) is 0 Å². The normalized spacial score (nSPS) is 17.5. The van der Waals surface area contributed by atoms with E-state index in [9.17, 15) is 9.59 Å². The number of aromatic nitrogens is 2. The molecule has 0 unspecified atom stereocenters. The molecule has 1 saturated heterocycles. The largest absolute Gasteiger partial charge is 0.466 e. The summed E-state index contributed by atoms with van der Waals surface area (Å²) < 4.78 is 10.2. The fourth-order valence-electron chi connectivity index (χ4n) is 3.24. The van der Waals surface area contributed by atoms with Crippen molar-refractivity contribution in [2.75, 3.05) is 19.7 Å². The Kier molecular flexibility index (Phi) is 8.06. The third-order valence-corrected chi connectivity index (χ3v) is 4.72. The highest BCUT2D eigenvalue weighted by Gasteiger charge is 2.24. The summed E-state index contributed by atoms with van der Waals surface area (Å²) in [7, 11) is 0. The number of hydrogen-bond acceptors (Lipinski definition) is 6. The van der Waals surface area contributed by atoms with Crippen molar-refractivity contribution in [3.63, 3.8) is 0 Å². The Balaban J connectivity index is 1.70. The number of nitrogens with zero attached hydrogens (tertiary/aromatic N) is 3. The first-order valence-electron chi connectivity index (χ1n) is 9.75. The van der Waals surface area contributed by atoms with Crippen molar-refractivity contribution < 1.29 is 18.8 Å². The van der Waals surface area contributed by atoms with Gasteiger partial charge in [0.25, 0.3) is 0 Å². The SMILES string of the molecule is CCOC(=O)CC[C@H]1CCCN(C(=O)CCCc2nc(C(C)C)no2)C1. The number of esters is 1. The second-order valence-corrected chi connectivity index (χ2v) is 7.25. The standard InChI is InChI=1S/C19H31N3O4/c1-4-25-18(24)11-10-15-7-6-12-22(13-15)17(23)9-5-8-16-20-19(14(2)3)21-26-16/h14-15H,4-13H2,1-3H3/t15-/m1/s1. The number of likely N-dealkylation sites (tertiary alicyclic amines) is 1. The lowest BCUT2D eigenvalue weighted by molar-refractivity contribution is -0.143. The number of ether oxygens (including phenoxy) is 1. The zero-order valence-corrected chi connectivity index (χ0v) is 16.2. The maximum Gasteiger partial charge on any atom is 0.305 e. The molecule has 1 amide bonds. The van der Waals surface area contributed by atoms with Crippen molar-refractivity contribution in [3.8, 4) is 0 Å². The average Bonchev–Trinajstić information content (AvgIpc) is 3.10. The van der Waals surface area contributed by atoms with Gasteiger partial charge in [-0.2, -0.15) is 4.98 Å². The second-order valence-electron chi connectivity index (χ2n) is 7.25. The number of aryl methyl sites for hydroxylation is 1. The minimum absolute atomic E-state index is 0.142. The molecule has 146 valence electrons. The maximum absolute atomic E-state index is 12.5. The van der Waals surface area contributed by atoms with Crippen molar-refractivity contribution in [3.05, 3.63) is 11.7 Å². The fraction of sp³-hybridized carbons (Fsp3) is 0.789. The molecule has 0 aliphatic carbocycles. The number of rotatable bonds is 9. The summed E-state index contributed by atoms with van der Waals surface area (Å²) in [6, 6.07) is 0. The van der Waals surface area contributed by atoms with Crippen LogP contribution in [0.3, 0.4) is 0 Å². The Morgan fingerprint density at radius 1 is 1.35 bits per heavy atom. The summed E-state index contributed by atoms with van der Waals surface area (Å²) in [6.07, 6.45) is 5.14. The van der Waals surface area contributed by atoms with E-state index in [1.807, 2.05) is 25.7 Å². The van der Waals surface area contributed by atoms with Gasteiger partial charge in [-0.25, -0.2) is 0 Å². The van der Waals surface area contributed by atoms with E-state index in [4.69, 9.17) is 9.26 Å². The Labute approximate surface area is 155 Å². The third kappa shape index (κ3) is 6.42. The van der Waals surface area contributed by atoms with Crippen LogP contribution in [0.15, 0.2) is 4.52 Å². The molecule has 0 radical (unpaired) electrons. The van der Waals surface area contributed by atoms with Gasteiger partial charge in [0.15, 0.2) is 5.82 Å². The number of amides is 1. The van der Waals surface area contributed by atoms with Crippen LogP contribution in [0.25, 0.3) is 0 Å². The van der Waals surface area contributed by atoms with E-state index in [-0.39, 0.29) is 17.8 Å². The van der Waals surface area contributed by atoms with Crippen LogP contribution in [0.5, 0.6) is 0 Å². The quantitative estimate of drug-likeness (QED) is 0.625. The van der Waals surface area contributed by atoms with Gasteiger partial charge in [-0.1, -0.05) is 19.0 Å². The first-order valence-corrected chi connectivity index (χ1v) is 9.75. The van der Waals surface area contributed by atoms with Crippen LogP contribution in [-0.4, -0.2) is 46.6 Å². The molecule has 0 bridgehead atoms. The predicted molar refractivity (Wildman–Crippen MR) is 96.5 cm³/mol. The lowest BCUT2D eigenvalue weighted by Crippen LogP contribution is -2.40. The van der Waals surface area contributed by atoms with E-state index in [2.05, 4.69) is 10.1 Å². The monoisotopic (exact) mass is 365 g/mol. The van der Waals surface area contributed by atoms with Gasteiger partial charge in [-0.3, -0.25) is 9.59 Å². The van der Waals surface area contributed by atoms with Crippen molar-refractivity contribution in [2.45, 2.75) is 71.6 Å². The van der Waals surface area contributed by atoms with Crippen LogP contribution in [0.2, 0.25) is 0 Å². The van der Waals surface area contributed by atoms with Gasteiger partial charge < -0.3 is 14.2 Å². The molecule has 1 atom stereocenters. The van der Waals surface area contributed by atoms with E-state index in [0.717, 1.165) is 32.4 Å². The van der Waals surface area contributed by atoms with E-state index in [1.54, 1.807) is 0 Å². The Morgan fingerprint density at radius 2 is 2.15 bits per heavy atom. The lowest BCUT2D eigenvalue weighted by Gasteiger charge is -2.32.